The van der Waals surface area contributed by atoms with Crippen LogP contribution in [0.25, 0.3) is 21.8 Å². The van der Waals surface area contributed by atoms with Crippen LogP contribution in [0, 0.1) is 11.6 Å². The number of fused-ring (bicyclic) bond motifs is 5. The zero-order valence-electron chi connectivity index (χ0n) is 56.1. The Balaban J connectivity index is 1.07. The molecule has 2 aliphatic heterocycles. The second-order valence-electron chi connectivity index (χ2n) is 25.5. The highest BCUT2D eigenvalue weighted by Gasteiger charge is 2.48. The minimum absolute atomic E-state index is 0.0403. The zero-order valence-corrected chi connectivity index (χ0v) is 57.7. The summed E-state index contributed by atoms with van der Waals surface area (Å²) in [6.07, 6.45) is 5.52. The largest absolute Gasteiger partial charge is 0.508 e. The zero-order chi connectivity index (χ0) is 72.2. The van der Waals surface area contributed by atoms with Gasteiger partial charge in [0.25, 0.3) is 0 Å². The van der Waals surface area contributed by atoms with E-state index in [-0.39, 0.29) is 74.7 Å². The van der Waals surface area contributed by atoms with Crippen molar-refractivity contribution in [3.8, 4) is 5.75 Å². The number of carboxylic acid groups (broad SMARTS) is 1. The third-order valence-electron chi connectivity index (χ3n) is 17.9. The lowest BCUT2D eigenvalue weighted by Gasteiger charge is -2.36. The van der Waals surface area contributed by atoms with Gasteiger partial charge in [-0.15, -0.1) is 0 Å². The topological polar surface area (TPSA) is 397 Å². The van der Waals surface area contributed by atoms with Crippen molar-refractivity contribution in [1.82, 2.24) is 67.4 Å². The number of aromatic nitrogens is 4. The predicted octanol–water partition coefficient (Wildman–Crippen LogP) is 4.49. The number of phenolic OH excluding ortho intramolecular Hbond substituents is 1. The number of nitrogens with two attached hydrogens (primary N) is 1. The van der Waals surface area contributed by atoms with E-state index in [9.17, 15) is 43.4 Å². The number of benzene rings is 4. The first kappa shape index (κ1) is 75.4. The summed E-state index contributed by atoms with van der Waals surface area (Å²) in [5.74, 6) is -8.19. The van der Waals surface area contributed by atoms with Crippen LogP contribution in [0.15, 0.2) is 110 Å². The molecule has 1 fully saturated rings. The molecule has 8 atom stereocenters. The lowest BCUT2D eigenvalue weighted by atomic mass is 9.95. The van der Waals surface area contributed by atoms with Crippen LogP contribution in [-0.2, 0) is 85.1 Å². The van der Waals surface area contributed by atoms with E-state index in [0.717, 1.165) is 11.1 Å². The molecule has 2 aliphatic rings. The number of H-pyrrole nitrogens is 3. The standard InChI is InChI=1S/C71H86F2N14O12S2/c1-3-8-54-63(92)82-56(29-44-35-77-52-18-14-46(72)31-50(44)52)65(94)83-57(30-45-36-78-53-19-15-47(73)32-51(45)53)66(95)85-59(34-62(90)91)68(97)84-58(33-48-37-75-40-79-48)67(96)86-60(28-41-12-16-49(88)17-13-41)69(98)87-24-7-21-71(87,2)70(99)76-23-26-101-39-43-10-6-9-42(27-43)38-100-25-20-61(89)80-55(64(93)81-54)11-4-5-22-74/h6,9-10,12-19,27,31-32,35-37,40,54-60,77-78,88H,3-5,7-8,11,20-26,28-30,33-34,38-39,74H2,1-2H3,(H,75,79)(H,76,99)(H,80,89)(H,81,93)(H,82,92)(H,83,94)(H,84,97)(H,85,95)(H,86,96)(H,90,91)/t54-,55+,56+,57+,58+,59+,60+,71+/m1/s1. The van der Waals surface area contributed by atoms with Crippen molar-refractivity contribution in [2.75, 3.05) is 31.1 Å². The number of thioether (sulfide) groups is 2. The second kappa shape index (κ2) is 36.0. The molecule has 2 bridgehead atoms. The van der Waals surface area contributed by atoms with Crippen molar-refractivity contribution in [3.63, 3.8) is 0 Å². The molecule has 101 heavy (non-hydrogen) atoms. The highest BCUT2D eigenvalue weighted by atomic mass is 32.2. The van der Waals surface area contributed by atoms with Crippen molar-refractivity contribution in [2.45, 2.75) is 157 Å². The number of phenols is 1. The number of aromatic hydroxyl groups is 1. The second-order valence-corrected chi connectivity index (χ2v) is 27.7. The van der Waals surface area contributed by atoms with Gasteiger partial charge in [-0.05, 0) is 128 Å². The van der Waals surface area contributed by atoms with Gasteiger partial charge in [0.2, 0.25) is 53.2 Å². The van der Waals surface area contributed by atoms with Crippen molar-refractivity contribution >= 4 is 104 Å². The molecular formula is C71H86F2N14O12S2. The molecule has 0 radical (unpaired) electrons. The van der Waals surface area contributed by atoms with Crippen LogP contribution in [0.1, 0.15) is 105 Å². The predicted molar refractivity (Wildman–Crippen MR) is 377 cm³/mol. The number of amides is 9. The van der Waals surface area contributed by atoms with E-state index in [1.165, 1.54) is 90.1 Å². The van der Waals surface area contributed by atoms with Gasteiger partial charge in [-0.25, -0.2) is 13.8 Å². The van der Waals surface area contributed by atoms with Crippen LogP contribution in [0.2, 0.25) is 0 Å². The number of carboxylic acids is 1. The molecule has 0 saturated carbocycles. The maximum atomic E-state index is 15.3. The Bertz CT molecular complexity index is 4080. The summed E-state index contributed by atoms with van der Waals surface area (Å²) in [5.41, 5.74) is 8.79. The summed E-state index contributed by atoms with van der Waals surface area (Å²) in [4.78, 5) is 160. The van der Waals surface area contributed by atoms with Gasteiger partial charge in [-0.1, -0.05) is 49.7 Å². The Morgan fingerprint density at radius 2 is 1.18 bits per heavy atom. The van der Waals surface area contributed by atoms with Crippen LogP contribution in [0.4, 0.5) is 8.78 Å². The summed E-state index contributed by atoms with van der Waals surface area (Å²) in [6.45, 7) is 4.12. The number of nitrogens with zero attached hydrogens (tertiary/aromatic N) is 2. The number of nitrogens with one attached hydrogen (secondary N) is 11. The van der Waals surface area contributed by atoms with E-state index < -0.39 is 131 Å². The molecule has 15 N–H and O–H groups in total. The summed E-state index contributed by atoms with van der Waals surface area (Å²) < 4.78 is 30.0. The first-order valence-electron chi connectivity index (χ1n) is 33.7. The number of halogens is 2. The van der Waals surface area contributed by atoms with Gasteiger partial charge >= 0.3 is 5.97 Å². The monoisotopic (exact) mass is 1430 g/mol. The Morgan fingerprint density at radius 3 is 1.75 bits per heavy atom. The Kier molecular flexibility index (Phi) is 26.9. The lowest BCUT2D eigenvalue weighted by molar-refractivity contribution is -0.146. The van der Waals surface area contributed by atoms with Gasteiger partial charge < -0.3 is 78.3 Å². The van der Waals surface area contributed by atoms with Crippen molar-refractivity contribution in [2.24, 2.45) is 5.73 Å². The highest BCUT2D eigenvalue weighted by molar-refractivity contribution is 7.98. The van der Waals surface area contributed by atoms with Crippen LogP contribution in [-0.4, -0.2) is 173 Å². The summed E-state index contributed by atoms with van der Waals surface area (Å²) in [5, 5.41) is 43.1. The van der Waals surface area contributed by atoms with E-state index in [4.69, 9.17) is 5.73 Å². The first-order chi connectivity index (χ1) is 48.6. The van der Waals surface area contributed by atoms with Gasteiger partial charge in [0.05, 0.1) is 12.7 Å². The number of hydrogen-bond donors (Lipinski definition) is 14. The fraction of sp³-hybridized carbons (Fsp3) is 0.423. The van der Waals surface area contributed by atoms with Gasteiger partial charge in [-0.2, -0.15) is 23.5 Å². The maximum Gasteiger partial charge on any atom is 0.305 e. The first-order valence-corrected chi connectivity index (χ1v) is 36.0. The molecule has 3 aromatic heterocycles. The third kappa shape index (κ3) is 20.9. The molecule has 0 aliphatic carbocycles. The van der Waals surface area contributed by atoms with Crippen LogP contribution < -0.4 is 48.3 Å². The van der Waals surface area contributed by atoms with Gasteiger partial charge in [0.1, 0.15) is 65.2 Å². The smallest absolute Gasteiger partial charge is 0.305 e. The van der Waals surface area contributed by atoms with Crippen molar-refractivity contribution in [1.29, 1.82) is 0 Å². The van der Waals surface area contributed by atoms with Crippen LogP contribution >= 0.6 is 23.5 Å². The van der Waals surface area contributed by atoms with Gasteiger partial charge in [0, 0.05) is 114 Å². The summed E-state index contributed by atoms with van der Waals surface area (Å²) in [7, 11) is 0. The number of aromatic amines is 3. The number of imidazole rings is 1. The average molecular weight is 1430 g/mol. The number of unbranched alkanes of at least 4 members (excludes halogenated alkanes) is 1. The van der Waals surface area contributed by atoms with Crippen LogP contribution in [0.5, 0.6) is 5.75 Å². The van der Waals surface area contributed by atoms with Crippen molar-refractivity contribution in [3.05, 3.63) is 155 Å². The molecule has 5 heterocycles. The fourth-order valence-electron chi connectivity index (χ4n) is 12.5. The SMILES string of the molecule is CCC[C@H]1NC(=O)[C@H](CCCCN)NC(=O)CCSCc2cccc(c2)CSCCNC(=O)[C@]2(C)CCCN2C(=O)[C@H](Cc2ccc(O)cc2)NC(=O)[C@H](Cc2cnc[nH]2)NC(=O)[C@H](CC(=O)O)NC(=O)[C@H](Cc2c[nH]c3ccc(F)cc23)NC(=O)[C@H](Cc2c[nH]c3ccc(F)cc23)NC1=O. The number of aliphatic carboxylic acids is 1. The van der Waals surface area contributed by atoms with E-state index >= 15 is 23.6 Å². The molecule has 9 rings (SSSR count). The highest BCUT2D eigenvalue weighted by Crippen LogP contribution is 2.31. The number of carbonyl (C=O) groups excluding carboxylic acids is 9. The lowest BCUT2D eigenvalue weighted by Crippen LogP contribution is -2.62. The molecule has 1 saturated heterocycles. The van der Waals surface area contributed by atoms with Gasteiger partial charge in [0.15, 0.2) is 0 Å². The molecule has 26 nitrogen and oxygen atoms in total. The Labute approximate surface area is 590 Å². The van der Waals surface area contributed by atoms with E-state index in [1.807, 2.05) is 18.2 Å². The van der Waals surface area contributed by atoms with E-state index in [2.05, 4.69) is 68.5 Å². The number of hydrogen-bond acceptors (Lipinski definition) is 15. The minimum atomic E-state index is -2.01. The molecule has 538 valence electrons. The fourth-order valence-corrected chi connectivity index (χ4v) is 14.2. The molecule has 9 amide bonds. The normalized spacial score (nSPS) is 22.8. The molecule has 0 spiro atoms. The molecule has 30 heteroatoms. The molecule has 7 aromatic rings. The number of rotatable bonds is 16. The van der Waals surface area contributed by atoms with E-state index in [1.54, 1.807) is 37.7 Å². The minimum Gasteiger partial charge on any atom is -0.508 e. The van der Waals surface area contributed by atoms with Crippen LogP contribution in [0.3, 0.4) is 0 Å². The number of carbonyl (C=O) groups is 10. The summed E-state index contributed by atoms with van der Waals surface area (Å²) >= 11 is 3.12. The summed E-state index contributed by atoms with van der Waals surface area (Å²) in [6, 6.07) is 10.7. The molecule has 0 unspecified atom stereocenters. The molecular weight excluding hydrogens is 1340 g/mol. The third-order valence-corrected chi connectivity index (χ3v) is 20.0. The average Bonchev–Trinajstić information content (AvgIpc) is 1.69. The van der Waals surface area contributed by atoms with E-state index in [0.29, 0.717) is 88.5 Å². The van der Waals surface area contributed by atoms with Gasteiger partial charge in [-0.3, -0.25) is 47.9 Å². The molecule has 4 aromatic carbocycles. The Hall–Kier alpha value is -9.81. The maximum absolute atomic E-state index is 15.3. The Morgan fingerprint density at radius 1 is 0.634 bits per heavy atom. The van der Waals surface area contributed by atoms with Crippen molar-refractivity contribution < 1.29 is 66.9 Å². The quantitative estimate of drug-likeness (QED) is 0.0593.